The minimum Gasteiger partial charge on any atom is -0.326 e. The van der Waals surface area contributed by atoms with E-state index in [0.717, 1.165) is 9.88 Å². The molecule has 0 aliphatic rings. The summed E-state index contributed by atoms with van der Waals surface area (Å²) in [6, 6.07) is 4.98. The van der Waals surface area contributed by atoms with Gasteiger partial charge in [-0.05, 0) is 11.6 Å². The lowest BCUT2D eigenvalue weighted by Gasteiger charge is -2.01. The molecule has 0 aliphatic carbocycles. The zero-order valence-corrected chi connectivity index (χ0v) is 9.98. The third kappa shape index (κ3) is 2.40. The maximum absolute atomic E-state index is 13.6. The number of hydrogen-bond donors (Lipinski definition) is 1. The van der Waals surface area contributed by atoms with Crippen LogP contribution in [0.2, 0.25) is 5.02 Å². The lowest BCUT2D eigenvalue weighted by molar-refractivity contribution is 0.614. The highest BCUT2D eigenvalue weighted by Crippen LogP contribution is 2.22. The zero-order valence-electron chi connectivity index (χ0n) is 8.41. The fraction of sp³-hybridized carbons (Fsp3) is 0.182. The van der Waals surface area contributed by atoms with Crippen LogP contribution in [0.3, 0.4) is 0 Å². The summed E-state index contributed by atoms with van der Waals surface area (Å²) in [4.78, 5) is 5.18. The lowest BCUT2D eigenvalue weighted by atomic mass is 10.1. The molecule has 16 heavy (non-hydrogen) atoms. The van der Waals surface area contributed by atoms with E-state index in [0.29, 0.717) is 18.5 Å². The molecule has 0 atom stereocenters. The maximum atomic E-state index is 13.6. The predicted octanol–water partition coefficient (Wildman–Crippen LogP) is 2.99. The van der Waals surface area contributed by atoms with Crippen molar-refractivity contribution in [2.75, 3.05) is 0 Å². The highest BCUT2D eigenvalue weighted by molar-refractivity contribution is 7.11. The predicted molar refractivity (Wildman–Crippen MR) is 64.2 cm³/mol. The molecule has 0 bridgehead atoms. The van der Waals surface area contributed by atoms with Gasteiger partial charge in [-0.1, -0.05) is 23.7 Å². The Labute approximate surface area is 102 Å². The molecule has 0 saturated heterocycles. The van der Waals surface area contributed by atoms with E-state index in [1.54, 1.807) is 18.3 Å². The molecule has 0 amide bonds. The van der Waals surface area contributed by atoms with Crippen molar-refractivity contribution in [3.8, 4) is 0 Å². The Bertz CT molecular complexity index is 498. The van der Waals surface area contributed by atoms with Crippen molar-refractivity contribution in [1.29, 1.82) is 0 Å². The van der Waals surface area contributed by atoms with Gasteiger partial charge in [-0.3, -0.25) is 0 Å². The van der Waals surface area contributed by atoms with E-state index < -0.39 is 0 Å². The largest absolute Gasteiger partial charge is 0.326 e. The molecule has 84 valence electrons. The van der Waals surface area contributed by atoms with E-state index in [-0.39, 0.29) is 10.8 Å². The van der Waals surface area contributed by atoms with Gasteiger partial charge >= 0.3 is 0 Å². The molecule has 1 aromatic carbocycles. The van der Waals surface area contributed by atoms with Crippen LogP contribution in [-0.4, -0.2) is 4.98 Å². The number of benzene rings is 1. The molecule has 0 radical (unpaired) electrons. The number of rotatable bonds is 3. The molecule has 1 heterocycles. The molecule has 5 heteroatoms. The molecule has 0 spiro atoms. The molecule has 2 rings (SSSR count). The Hall–Kier alpha value is -0.970. The van der Waals surface area contributed by atoms with Crippen LogP contribution in [0.4, 0.5) is 4.39 Å². The minimum atomic E-state index is -0.367. The van der Waals surface area contributed by atoms with Gasteiger partial charge in [0, 0.05) is 24.0 Å². The summed E-state index contributed by atoms with van der Waals surface area (Å²) >= 11 is 7.20. The molecule has 2 N–H and O–H groups in total. The Morgan fingerprint density at radius 1 is 1.44 bits per heavy atom. The second-order valence-electron chi connectivity index (χ2n) is 3.31. The van der Waals surface area contributed by atoms with E-state index in [4.69, 9.17) is 17.3 Å². The summed E-state index contributed by atoms with van der Waals surface area (Å²) in [5.41, 5.74) is 6.05. The van der Waals surface area contributed by atoms with Gasteiger partial charge < -0.3 is 5.73 Å². The van der Waals surface area contributed by atoms with Crippen molar-refractivity contribution in [3.63, 3.8) is 0 Å². The van der Waals surface area contributed by atoms with Gasteiger partial charge in [0.1, 0.15) is 5.82 Å². The van der Waals surface area contributed by atoms with Gasteiger partial charge in [0.05, 0.1) is 10.0 Å². The summed E-state index contributed by atoms with van der Waals surface area (Å²) in [5.74, 6) is -0.367. The van der Waals surface area contributed by atoms with Gasteiger partial charge in [-0.2, -0.15) is 0 Å². The first-order chi connectivity index (χ1) is 7.70. The maximum Gasteiger partial charge on any atom is 0.145 e. The van der Waals surface area contributed by atoms with Crippen molar-refractivity contribution in [3.05, 3.63) is 50.7 Å². The summed E-state index contributed by atoms with van der Waals surface area (Å²) in [7, 11) is 0. The number of aromatic nitrogens is 1. The van der Waals surface area contributed by atoms with Crippen LogP contribution in [0.5, 0.6) is 0 Å². The second kappa shape index (κ2) is 4.91. The van der Waals surface area contributed by atoms with E-state index in [9.17, 15) is 4.39 Å². The van der Waals surface area contributed by atoms with Gasteiger partial charge in [-0.15, -0.1) is 11.3 Å². The fourth-order valence-corrected chi connectivity index (χ4v) is 2.39. The topological polar surface area (TPSA) is 38.9 Å². The smallest absolute Gasteiger partial charge is 0.145 e. The lowest BCUT2D eigenvalue weighted by Crippen LogP contribution is -1.92. The highest BCUT2D eigenvalue weighted by Gasteiger charge is 2.09. The summed E-state index contributed by atoms with van der Waals surface area (Å²) in [5, 5.41) is 0.995. The van der Waals surface area contributed by atoms with Gasteiger partial charge in [0.2, 0.25) is 0 Å². The van der Waals surface area contributed by atoms with Crippen LogP contribution in [-0.2, 0) is 13.0 Å². The van der Waals surface area contributed by atoms with Crippen molar-refractivity contribution >= 4 is 22.9 Å². The van der Waals surface area contributed by atoms with Crippen LogP contribution in [0.15, 0.2) is 24.4 Å². The Morgan fingerprint density at radius 3 is 2.94 bits per heavy atom. The van der Waals surface area contributed by atoms with Crippen LogP contribution >= 0.6 is 22.9 Å². The van der Waals surface area contributed by atoms with Crippen molar-refractivity contribution in [2.45, 2.75) is 13.0 Å². The molecule has 0 aliphatic heterocycles. The molecule has 0 fully saturated rings. The first kappa shape index (κ1) is 11.5. The SMILES string of the molecule is NCc1cnc(Cc2cccc(Cl)c2F)s1. The molecule has 1 aromatic heterocycles. The van der Waals surface area contributed by atoms with E-state index in [1.807, 2.05) is 0 Å². The normalized spacial score (nSPS) is 10.7. The van der Waals surface area contributed by atoms with Crippen molar-refractivity contribution in [2.24, 2.45) is 5.73 Å². The molecule has 2 aromatic rings. The third-order valence-electron chi connectivity index (χ3n) is 2.18. The van der Waals surface area contributed by atoms with Gasteiger partial charge in [-0.25, -0.2) is 9.37 Å². The number of hydrogen-bond acceptors (Lipinski definition) is 3. The van der Waals surface area contributed by atoms with Crippen LogP contribution in [0.25, 0.3) is 0 Å². The second-order valence-corrected chi connectivity index (χ2v) is 4.92. The first-order valence-electron chi connectivity index (χ1n) is 4.77. The number of halogens is 2. The first-order valence-corrected chi connectivity index (χ1v) is 5.96. The summed E-state index contributed by atoms with van der Waals surface area (Å²) in [6.45, 7) is 0.468. The molecule has 0 unspecified atom stereocenters. The van der Waals surface area contributed by atoms with E-state index in [2.05, 4.69) is 4.98 Å². The van der Waals surface area contributed by atoms with E-state index >= 15 is 0 Å². The van der Waals surface area contributed by atoms with Gasteiger partial charge in [0.15, 0.2) is 0 Å². The quantitative estimate of drug-likeness (QED) is 0.917. The number of nitrogens with two attached hydrogens (primary N) is 1. The average molecular weight is 257 g/mol. The van der Waals surface area contributed by atoms with Gasteiger partial charge in [0.25, 0.3) is 0 Å². The number of thiazole rings is 1. The molecular formula is C11H10ClFN2S. The molecule has 0 saturated carbocycles. The van der Waals surface area contributed by atoms with Crippen molar-refractivity contribution < 1.29 is 4.39 Å². The van der Waals surface area contributed by atoms with Crippen molar-refractivity contribution in [1.82, 2.24) is 4.98 Å². The Balaban J connectivity index is 2.23. The Kier molecular flexibility index (Phi) is 3.53. The third-order valence-corrected chi connectivity index (χ3v) is 3.49. The monoisotopic (exact) mass is 256 g/mol. The molecule has 2 nitrogen and oxygen atoms in total. The minimum absolute atomic E-state index is 0.146. The van der Waals surface area contributed by atoms with Crippen LogP contribution in [0.1, 0.15) is 15.4 Å². The fourth-order valence-electron chi connectivity index (χ4n) is 1.37. The van der Waals surface area contributed by atoms with Crippen LogP contribution in [0, 0.1) is 5.82 Å². The highest BCUT2D eigenvalue weighted by atomic mass is 35.5. The summed E-state index contributed by atoms with van der Waals surface area (Å²) in [6.07, 6.45) is 2.18. The van der Waals surface area contributed by atoms with E-state index in [1.165, 1.54) is 17.4 Å². The molecular weight excluding hydrogens is 247 g/mol. The standard InChI is InChI=1S/C11H10ClFN2S/c12-9-3-1-2-7(11(9)13)4-10-15-6-8(5-14)16-10/h1-3,6H,4-5,14H2. The summed E-state index contributed by atoms with van der Waals surface area (Å²) < 4.78 is 13.6. The Morgan fingerprint density at radius 2 is 2.25 bits per heavy atom. The average Bonchev–Trinajstić information content (AvgIpc) is 2.73. The van der Waals surface area contributed by atoms with Crippen LogP contribution < -0.4 is 5.73 Å². The number of nitrogens with zero attached hydrogens (tertiary/aromatic N) is 1. The zero-order chi connectivity index (χ0) is 11.5.